The van der Waals surface area contributed by atoms with E-state index in [-0.39, 0.29) is 6.04 Å². The van der Waals surface area contributed by atoms with Crippen LogP contribution in [0.15, 0.2) is 45.5 Å². The molecular weight excluding hydrogens is 292 g/mol. The van der Waals surface area contributed by atoms with Crippen LogP contribution in [0.4, 0.5) is 0 Å². The van der Waals surface area contributed by atoms with E-state index < -0.39 is 0 Å². The number of furan rings is 1. The van der Waals surface area contributed by atoms with E-state index in [1.807, 2.05) is 12.1 Å². The minimum atomic E-state index is -0.127. The predicted octanol–water partition coefficient (Wildman–Crippen LogP) is 3.72. The first-order chi connectivity index (χ1) is 8.61. The second-order valence-electron chi connectivity index (χ2n) is 4.56. The molecule has 1 heterocycles. The second kappa shape index (κ2) is 5.69. The molecule has 2 rings (SSSR count). The fourth-order valence-corrected chi connectivity index (χ4v) is 2.22. The van der Waals surface area contributed by atoms with Crippen molar-refractivity contribution in [1.29, 1.82) is 0 Å². The molecule has 0 bridgehead atoms. The van der Waals surface area contributed by atoms with E-state index in [1.54, 1.807) is 0 Å². The fourth-order valence-electron chi connectivity index (χ4n) is 1.90. The van der Waals surface area contributed by atoms with Gasteiger partial charge in [-0.25, -0.2) is 5.43 Å². The van der Waals surface area contributed by atoms with Crippen molar-refractivity contribution >= 4 is 15.9 Å². The third kappa shape index (κ3) is 2.83. The molecule has 0 spiro atoms. The molecule has 1 aromatic carbocycles. The van der Waals surface area contributed by atoms with Crippen molar-refractivity contribution in [2.45, 2.75) is 25.8 Å². The van der Waals surface area contributed by atoms with Gasteiger partial charge in [-0.1, -0.05) is 38.1 Å². The average Bonchev–Trinajstić information content (AvgIpc) is 2.77. The van der Waals surface area contributed by atoms with Gasteiger partial charge in [0, 0.05) is 0 Å². The summed E-state index contributed by atoms with van der Waals surface area (Å²) in [6, 6.07) is 12.1. The molecule has 0 fully saturated rings. The summed E-state index contributed by atoms with van der Waals surface area (Å²) in [4.78, 5) is 0. The van der Waals surface area contributed by atoms with Gasteiger partial charge >= 0.3 is 0 Å². The van der Waals surface area contributed by atoms with Gasteiger partial charge in [-0.05, 0) is 45.1 Å². The van der Waals surface area contributed by atoms with Crippen molar-refractivity contribution < 1.29 is 4.42 Å². The standard InChI is InChI=1S/C14H17BrN2O/c1-9(2)10-3-5-11(6-4-10)14(17-16)12-7-8-13(15)18-12/h3-9,14,17H,16H2,1-2H3. The van der Waals surface area contributed by atoms with E-state index >= 15 is 0 Å². The van der Waals surface area contributed by atoms with E-state index in [1.165, 1.54) is 5.56 Å². The number of nitrogens with two attached hydrogens (primary N) is 1. The van der Waals surface area contributed by atoms with Crippen LogP contribution in [-0.2, 0) is 0 Å². The molecule has 0 saturated carbocycles. The van der Waals surface area contributed by atoms with E-state index in [2.05, 4.69) is 59.5 Å². The fraction of sp³-hybridized carbons (Fsp3) is 0.286. The number of benzene rings is 1. The molecule has 1 atom stereocenters. The highest BCUT2D eigenvalue weighted by Gasteiger charge is 2.16. The molecule has 3 nitrogen and oxygen atoms in total. The molecule has 18 heavy (non-hydrogen) atoms. The van der Waals surface area contributed by atoms with Gasteiger partial charge < -0.3 is 4.42 Å². The van der Waals surface area contributed by atoms with E-state index in [0.717, 1.165) is 11.3 Å². The molecule has 3 N–H and O–H groups in total. The second-order valence-corrected chi connectivity index (χ2v) is 5.34. The summed E-state index contributed by atoms with van der Waals surface area (Å²) in [5.41, 5.74) is 5.18. The largest absolute Gasteiger partial charge is 0.452 e. The Balaban J connectivity index is 2.28. The van der Waals surface area contributed by atoms with Crippen LogP contribution in [0.5, 0.6) is 0 Å². The van der Waals surface area contributed by atoms with Crippen LogP contribution in [0.3, 0.4) is 0 Å². The minimum absolute atomic E-state index is 0.127. The van der Waals surface area contributed by atoms with Gasteiger partial charge in [-0.2, -0.15) is 0 Å². The summed E-state index contributed by atoms with van der Waals surface area (Å²) >= 11 is 3.30. The maximum atomic E-state index is 5.62. The van der Waals surface area contributed by atoms with Crippen molar-refractivity contribution in [3.8, 4) is 0 Å². The summed E-state index contributed by atoms with van der Waals surface area (Å²) < 4.78 is 6.25. The predicted molar refractivity (Wildman–Crippen MR) is 76.1 cm³/mol. The van der Waals surface area contributed by atoms with Crippen molar-refractivity contribution in [3.63, 3.8) is 0 Å². The topological polar surface area (TPSA) is 51.2 Å². The lowest BCUT2D eigenvalue weighted by Gasteiger charge is -2.15. The highest BCUT2D eigenvalue weighted by atomic mass is 79.9. The number of hydrogen-bond acceptors (Lipinski definition) is 3. The van der Waals surface area contributed by atoms with Gasteiger partial charge in [-0.3, -0.25) is 5.84 Å². The molecule has 0 aliphatic carbocycles. The summed E-state index contributed by atoms with van der Waals surface area (Å²) in [6.07, 6.45) is 0. The van der Waals surface area contributed by atoms with E-state index in [0.29, 0.717) is 10.6 Å². The molecule has 1 unspecified atom stereocenters. The highest BCUT2D eigenvalue weighted by Crippen LogP contribution is 2.26. The summed E-state index contributed by atoms with van der Waals surface area (Å²) in [7, 11) is 0. The van der Waals surface area contributed by atoms with Crippen molar-refractivity contribution in [1.82, 2.24) is 5.43 Å². The molecule has 0 saturated heterocycles. The van der Waals surface area contributed by atoms with Crippen LogP contribution in [0.1, 0.15) is 42.7 Å². The lowest BCUT2D eigenvalue weighted by atomic mass is 9.98. The molecule has 4 heteroatoms. The molecule has 2 aromatic rings. The highest BCUT2D eigenvalue weighted by molar-refractivity contribution is 9.10. The van der Waals surface area contributed by atoms with Crippen molar-refractivity contribution in [3.05, 3.63) is 58.0 Å². The van der Waals surface area contributed by atoms with Crippen LogP contribution in [-0.4, -0.2) is 0 Å². The van der Waals surface area contributed by atoms with Gasteiger partial charge in [0.25, 0.3) is 0 Å². The third-order valence-electron chi connectivity index (χ3n) is 2.98. The molecule has 0 radical (unpaired) electrons. The van der Waals surface area contributed by atoms with Crippen LogP contribution in [0.25, 0.3) is 0 Å². The van der Waals surface area contributed by atoms with Crippen LogP contribution in [0.2, 0.25) is 0 Å². The van der Waals surface area contributed by atoms with Gasteiger partial charge in [0.05, 0.1) is 0 Å². The zero-order valence-electron chi connectivity index (χ0n) is 10.5. The Bertz CT molecular complexity index is 505. The number of hydrogen-bond donors (Lipinski definition) is 2. The SMILES string of the molecule is CC(C)c1ccc(C(NN)c2ccc(Br)o2)cc1. The van der Waals surface area contributed by atoms with Crippen molar-refractivity contribution in [2.24, 2.45) is 5.84 Å². The summed E-state index contributed by atoms with van der Waals surface area (Å²) in [6.45, 7) is 4.36. The first kappa shape index (κ1) is 13.3. The Morgan fingerprint density at radius 3 is 2.11 bits per heavy atom. The first-order valence-corrected chi connectivity index (χ1v) is 6.72. The number of halogens is 1. The normalized spacial score (nSPS) is 12.9. The smallest absolute Gasteiger partial charge is 0.169 e. The van der Waals surface area contributed by atoms with Crippen molar-refractivity contribution in [2.75, 3.05) is 0 Å². The Hall–Kier alpha value is -1.10. The van der Waals surface area contributed by atoms with Crippen LogP contribution >= 0.6 is 15.9 Å². The summed E-state index contributed by atoms with van der Waals surface area (Å²) in [5.74, 6) is 6.94. The third-order valence-corrected chi connectivity index (χ3v) is 3.41. The molecule has 0 amide bonds. The molecule has 0 aliphatic rings. The van der Waals surface area contributed by atoms with Gasteiger partial charge in [0.15, 0.2) is 4.67 Å². The quantitative estimate of drug-likeness (QED) is 0.668. The Morgan fingerprint density at radius 1 is 1.06 bits per heavy atom. The van der Waals surface area contributed by atoms with Gasteiger partial charge in [-0.15, -0.1) is 0 Å². The summed E-state index contributed by atoms with van der Waals surface area (Å²) in [5, 5.41) is 0. The lowest BCUT2D eigenvalue weighted by molar-refractivity contribution is 0.437. The Kier molecular flexibility index (Phi) is 4.22. The molecular formula is C14H17BrN2O. The average molecular weight is 309 g/mol. The molecule has 1 aromatic heterocycles. The van der Waals surface area contributed by atoms with E-state index in [4.69, 9.17) is 10.3 Å². The molecule has 0 aliphatic heterocycles. The van der Waals surface area contributed by atoms with Gasteiger partial charge in [0.1, 0.15) is 11.8 Å². The van der Waals surface area contributed by atoms with E-state index in [9.17, 15) is 0 Å². The zero-order valence-corrected chi connectivity index (χ0v) is 12.1. The van der Waals surface area contributed by atoms with Crippen LogP contribution in [0, 0.1) is 0 Å². The minimum Gasteiger partial charge on any atom is -0.452 e. The zero-order chi connectivity index (χ0) is 13.1. The number of rotatable bonds is 4. The van der Waals surface area contributed by atoms with Gasteiger partial charge in [0.2, 0.25) is 0 Å². The number of nitrogens with one attached hydrogen (secondary N) is 1. The van der Waals surface area contributed by atoms with Crippen LogP contribution < -0.4 is 11.3 Å². The monoisotopic (exact) mass is 308 g/mol. The Morgan fingerprint density at radius 2 is 1.67 bits per heavy atom. The number of hydrazine groups is 1. The maximum absolute atomic E-state index is 5.62. The maximum Gasteiger partial charge on any atom is 0.169 e. The first-order valence-electron chi connectivity index (χ1n) is 5.93. The Labute approximate surface area is 115 Å². The molecule has 96 valence electrons. The lowest BCUT2D eigenvalue weighted by Crippen LogP contribution is -2.28.